The summed E-state index contributed by atoms with van der Waals surface area (Å²) in [6.45, 7) is 3.77. The topological polar surface area (TPSA) is 72.0 Å². The van der Waals surface area contributed by atoms with E-state index < -0.39 is 0 Å². The highest BCUT2D eigenvalue weighted by Gasteiger charge is 2.16. The molecule has 3 rings (SSSR count). The van der Waals surface area contributed by atoms with Crippen molar-refractivity contribution in [3.8, 4) is 5.75 Å². The average molecular weight is 285 g/mol. The molecular formula is C15H15N3OS. The van der Waals surface area contributed by atoms with Crippen LogP contribution in [0.4, 0.5) is 5.69 Å². The third kappa shape index (κ3) is 2.00. The predicted octanol–water partition coefficient (Wildman–Crippen LogP) is 3.19. The van der Waals surface area contributed by atoms with Crippen molar-refractivity contribution < 1.29 is 5.11 Å². The van der Waals surface area contributed by atoms with Crippen molar-refractivity contribution in [2.24, 2.45) is 0 Å². The van der Waals surface area contributed by atoms with E-state index in [4.69, 9.17) is 5.73 Å². The lowest BCUT2D eigenvalue weighted by Gasteiger charge is -2.07. The number of aromatic hydroxyl groups is 1. The van der Waals surface area contributed by atoms with Gasteiger partial charge >= 0.3 is 0 Å². The largest absolute Gasteiger partial charge is 0.505 e. The van der Waals surface area contributed by atoms with E-state index in [9.17, 15) is 5.11 Å². The van der Waals surface area contributed by atoms with Gasteiger partial charge in [-0.1, -0.05) is 6.07 Å². The van der Waals surface area contributed by atoms with Gasteiger partial charge in [0.25, 0.3) is 0 Å². The second-order valence-electron chi connectivity index (χ2n) is 4.84. The van der Waals surface area contributed by atoms with Gasteiger partial charge in [-0.15, -0.1) is 11.3 Å². The fourth-order valence-corrected chi connectivity index (χ4v) is 3.40. The Balaban J connectivity index is 2.12. The van der Waals surface area contributed by atoms with Crippen LogP contribution in [0.5, 0.6) is 5.75 Å². The van der Waals surface area contributed by atoms with Gasteiger partial charge in [0.1, 0.15) is 5.75 Å². The fraction of sp³-hybridized carbons (Fsp3) is 0.200. The maximum atomic E-state index is 10.0. The molecule has 0 bridgehead atoms. The van der Waals surface area contributed by atoms with Crippen LogP contribution in [-0.4, -0.2) is 15.1 Å². The average Bonchev–Trinajstić information content (AvgIpc) is 2.88. The van der Waals surface area contributed by atoms with Crippen molar-refractivity contribution in [2.45, 2.75) is 20.3 Å². The van der Waals surface area contributed by atoms with Gasteiger partial charge in [0.05, 0.1) is 20.9 Å². The van der Waals surface area contributed by atoms with E-state index >= 15 is 0 Å². The van der Waals surface area contributed by atoms with E-state index in [-0.39, 0.29) is 5.75 Å². The molecule has 20 heavy (non-hydrogen) atoms. The zero-order valence-corrected chi connectivity index (χ0v) is 12.2. The fourth-order valence-electron chi connectivity index (χ4n) is 2.24. The first-order valence-electron chi connectivity index (χ1n) is 6.34. The smallest absolute Gasteiger partial charge is 0.143 e. The van der Waals surface area contributed by atoms with Gasteiger partial charge in [-0.25, -0.2) is 4.98 Å². The van der Waals surface area contributed by atoms with E-state index in [1.165, 1.54) is 0 Å². The molecule has 0 fully saturated rings. The molecular weight excluding hydrogens is 270 g/mol. The first-order valence-corrected chi connectivity index (χ1v) is 7.15. The van der Waals surface area contributed by atoms with Crippen LogP contribution in [0.3, 0.4) is 0 Å². The molecule has 0 atom stereocenters. The Kier molecular flexibility index (Phi) is 3.06. The lowest BCUT2D eigenvalue weighted by atomic mass is 10.1. The first kappa shape index (κ1) is 12.9. The maximum absolute atomic E-state index is 10.0. The van der Waals surface area contributed by atoms with E-state index in [0.717, 1.165) is 38.3 Å². The number of nitrogen functional groups attached to an aromatic ring is 1. The molecule has 0 aliphatic carbocycles. The number of rotatable bonds is 2. The van der Waals surface area contributed by atoms with Gasteiger partial charge in [0.2, 0.25) is 0 Å². The van der Waals surface area contributed by atoms with Gasteiger partial charge in [-0.3, -0.25) is 4.98 Å². The molecule has 2 aromatic heterocycles. The number of thiazole rings is 1. The van der Waals surface area contributed by atoms with Gasteiger partial charge in [0.15, 0.2) is 0 Å². The SMILES string of the molecule is Cc1c(N)c(O)c(C)c2sc(Cc3cccnc3)nc12. The molecule has 0 radical (unpaired) electrons. The quantitative estimate of drug-likeness (QED) is 0.560. The summed E-state index contributed by atoms with van der Waals surface area (Å²) >= 11 is 1.60. The summed E-state index contributed by atoms with van der Waals surface area (Å²) in [6, 6.07) is 3.95. The van der Waals surface area contributed by atoms with Crippen LogP contribution in [0.2, 0.25) is 0 Å². The Hall–Kier alpha value is -2.14. The molecule has 0 aliphatic heterocycles. The Bertz CT molecular complexity index is 736. The summed E-state index contributed by atoms with van der Waals surface area (Å²) in [7, 11) is 0. The second kappa shape index (κ2) is 4.76. The van der Waals surface area contributed by atoms with Crippen LogP contribution in [0.25, 0.3) is 10.2 Å². The summed E-state index contributed by atoms with van der Waals surface area (Å²) in [4.78, 5) is 8.78. The molecule has 0 unspecified atom stereocenters. The maximum Gasteiger partial charge on any atom is 0.143 e. The van der Waals surface area contributed by atoms with Crippen molar-refractivity contribution >= 4 is 27.2 Å². The lowest BCUT2D eigenvalue weighted by molar-refractivity contribution is 0.474. The predicted molar refractivity (Wildman–Crippen MR) is 82.2 cm³/mol. The number of hydrogen-bond acceptors (Lipinski definition) is 5. The number of nitrogens with two attached hydrogens (primary N) is 1. The molecule has 5 heteroatoms. The normalized spacial score (nSPS) is 11.1. The van der Waals surface area contributed by atoms with Gasteiger partial charge < -0.3 is 10.8 Å². The summed E-state index contributed by atoms with van der Waals surface area (Å²) < 4.78 is 1.01. The number of hydrogen-bond donors (Lipinski definition) is 2. The zero-order chi connectivity index (χ0) is 14.3. The van der Waals surface area contributed by atoms with Gasteiger partial charge in [-0.05, 0) is 25.5 Å². The summed E-state index contributed by atoms with van der Waals surface area (Å²) in [6.07, 6.45) is 4.35. The van der Waals surface area contributed by atoms with Crippen molar-refractivity contribution in [3.63, 3.8) is 0 Å². The number of phenols is 1. The number of anilines is 1. The van der Waals surface area contributed by atoms with Crippen molar-refractivity contribution in [2.75, 3.05) is 5.73 Å². The molecule has 0 saturated carbocycles. The van der Waals surface area contributed by atoms with E-state index in [0.29, 0.717) is 5.69 Å². The molecule has 0 spiro atoms. The monoisotopic (exact) mass is 285 g/mol. The highest BCUT2D eigenvalue weighted by atomic mass is 32.1. The molecule has 0 aliphatic rings. The van der Waals surface area contributed by atoms with Crippen LogP contribution in [0, 0.1) is 13.8 Å². The van der Waals surface area contributed by atoms with Gasteiger partial charge in [0, 0.05) is 29.9 Å². The lowest BCUT2D eigenvalue weighted by Crippen LogP contribution is -1.94. The minimum absolute atomic E-state index is 0.173. The number of benzene rings is 1. The molecule has 102 valence electrons. The number of fused-ring (bicyclic) bond motifs is 1. The van der Waals surface area contributed by atoms with Gasteiger partial charge in [-0.2, -0.15) is 0 Å². The Morgan fingerprint density at radius 2 is 2.10 bits per heavy atom. The second-order valence-corrected chi connectivity index (χ2v) is 5.92. The Morgan fingerprint density at radius 3 is 2.80 bits per heavy atom. The highest BCUT2D eigenvalue weighted by Crippen LogP contribution is 2.39. The Labute approximate surface area is 120 Å². The molecule has 2 heterocycles. The first-order chi connectivity index (χ1) is 9.58. The van der Waals surface area contributed by atoms with Crippen LogP contribution < -0.4 is 5.73 Å². The van der Waals surface area contributed by atoms with Crippen molar-refractivity contribution in [1.29, 1.82) is 0 Å². The van der Waals surface area contributed by atoms with Crippen molar-refractivity contribution in [1.82, 2.24) is 9.97 Å². The van der Waals surface area contributed by atoms with Crippen LogP contribution in [0.1, 0.15) is 21.7 Å². The number of pyridine rings is 1. The standard InChI is InChI=1S/C15H15N3OS/c1-8-12(16)14(19)9(2)15-13(8)18-11(20-15)6-10-4-3-5-17-7-10/h3-5,7,19H,6,16H2,1-2H3. The Morgan fingerprint density at radius 1 is 1.30 bits per heavy atom. The summed E-state index contributed by atoms with van der Waals surface area (Å²) in [5, 5.41) is 11.0. The number of phenolic OH excluding ortho intramolecular Hbond substituents is 1. The molecule has 0 saturated heterocycles. The van der Waals surface area contributed by atoms with E-state index in [2.05, 4.69) is 9.97 Å². The molecule has 1 aromatic carbocycles. The van der Waals surface area contributed by atoms with Crippen molar-refractivity contribution in [3.05, 3.63) is 46.2 Å². The minimum Gasteiger partial charge on any atom is -0.505 e. The summed E-state index contributed by atoms with van der Waals surface area (Å²) in [5.41, 5.74) is 10.0. The third-order valence-electron chi connectivity index (χ3n) is 3.46. The number of nitrogens with zero attached hydrogens (tertiary/aromatic N) is 2. The minimum atomic E-state index is 0.173. The molecule has 0 amide bonds. The van der Waals surface area contributed by atoms with Crippen LogP contribution in [0.15, 0.2) is 24.5 Å². The third-order valence-corrected chi connectivity index (χ3v) is 4.63. The highest BCUT2D eigenvalue weighted by molar-refractivity contribution is 7.18. The number of aromatic nitrogens is 2. The van der Waals surface area contributed by atoms with E-state index in [1.807, 2.05) is 32.2 Å². The summed E-state index contributed by atoms with van der Waals surface area (Å²) in [5.74, 6) is 0.173. The zero-order valence-electron chi connectivity index (χ0n) is 11.3. The molecule has 3 N–H and O–H groups in total. The van der Waals surface area contributed by atoms with E-state index in [1.54, 1.807) is 17.5 Å². The molecule has 3 aromatic rings. The van der Waals surface area contributed by atoms with Crippen LogP contribution in [-0.2, 0) is 6.42 Å². The molecule has 4 nitrogen and oxygen atoms in total. The van der Waals surface area contributed by atoms with Crippen LogP contribution >= 0.6 is 11.3 Å². The number of aryl methyl sites for hydroxylation is 2.